The Bertz CT molecular complexity index is 1180. The fourth-order valence-electron chi connectivity index (χ4n) is 3.06. The van der Waals surface area contributed by atoms with Gasteiger partial charge in [0.05, 0.1) is 6.61 Å². The number of ether oxygens (including phenoxy) is 2. The number of nitrogens with one attached hydrogen (secondary N) is 2. The molecule has 1 aromatic heterocycles. The number of rotatable bonds is 9. The van der Waals surface area contributed by atoms with Gasteiger partial charge in [0.1, 0.15) is 13.2 Å². The number of amides is 2. The zero-order chi connectivity index (χ0) is 25.4. The summed E-state index contributed by atoms with van der Waals surface area (Å²) in [5, 5.41) is 4.51. The van der Waals surface area contributed by atoms with Crippen LogP contribution < -0.4 is 20.1 Å². The van der Waals surface area contributed by atoms with Gasteiger partial charge in [0.25, 0.3) is 11.8 Å². The van der Waals surface area contributed by atoms with E-state index in [4.69, 9.17) is 9.47 Å². The number of alkyl halides is 3. The van der Waals surface area contributed by atoms with Gasteiger partial charge in [0.15, 0.2) is 11.5 Å². The molecule has 7 nitrogen and oxygen atoms in total. The van der Waals surface area contributed by atoms with Crippen LogP contribution in [0.3, 0.4) is 0 Å². The van der Waals surface area contributed by atoms with Crippen molar-refractivity contribution >= 4 is 17.5 Å². The average Bonchev–Trinajstić information content (AvgIpc) is 2.83. The number of aryl methyl sites for hydroxylation is 1. The number of benzene rings is 2. The molecule has 0 aliphatic rings. The minimum absolute atomic E-state index is 0.00990. The number of carbonyl (C=O) groups excluding carboxylic acids is 2. The zero-order valence-electron chi connectivity index (χ0n) is 19.1. The second-order valence-corrected chi connectivity index (χ2v) is 7.53. The van der Waals surface area contributed by atoms with Crippen molar-refractivity contribution in [3.05, 3.63) is 83.2 Å². The van der Waals surface area contributed by atoms with Gasteiger partial charge in [0, 0.05) is 34.8 Å². The van der Waals surface area contributed by atoms with Crippen LogP contribution in [0, 0.1) is 6.92 Å². The predicted molar refractivity (Wildman–Crippen MR) is 124 cm³/mol. The second kappa shape index (κ2) is 11.4. The third-order valence-electron chi connectivity index (χ3n) is 4.82. The van der Waals surface area contributed by atoms with Gasteiger partial charge in [-0.1, -0.05) is 12.1 Å². The molecule has 0 saturated carbocycles. The maximum absolute atomic E-state index is 12.9. The van der Waals surface area contributed by atoms with Crippen LogP contribution in [0.1, 0.15) is 38.8 Å². The van der Waals surface area contributed by atoms with Crippen LogP contribution in [0.2, 0.25) is 0 Å². The summed E-state index contributed by atoms with van der Waals surface area (Å²) in [6.07, 6.45) is -1.18. The van der Waals surface area contributed by atoms with Crippen LogP contribution in [0.15, 0.2) is 60.9 Å². The molecule has 0 saturated heterocycles. The van der Waals surface area contributed by atoms with E-state index in [0.29, 0.717) is 29.4 Å². The Hall–Kier alpha value is -4.08. The molecule has 35 heavy (non-hydrogen) atoms. The first kappa shape index (κ1) is 25.5. The molecule has 2 N–H and O–H groups in total. The lowest BCUT2D eigenvalue weighted by Gasteiger charge is -2.15. The fraction of sp³-hybridized carbons (Fsp3) is 0.240. The van der Waals surface area contributed by atoms with Crippen molar-refractivity contribution in [3.8, 4) is 11.5 Å². The Morgan fingerprint density at radius 1 is 0.971 bits per heavy atom. The lowest BCUT2D eigenvalue weighted by molar-refractivity contribution is -0.123. The molecule has 0 aliphatic carbocycles. The molecular weight excluding hydrogens is 463 g/mol. The van der Waals surface area contributed by atoms with Crippen LogP contribution in [0.5, 0.6) is 11.5 Å². The summed E-state index contributed by atoms with van der Waals surface area (Å²) in [5.74, 6) is -0.555. The number of hydrogen-bond donors (Lipinski definition) is 2. The summed E-state index contributed by atoms with van der Waals surface area (Å²) in [7, 11) is 0. The van der Waals surface area contributed by atoms with E-state index in [1.165, 1.54) is 18.2 Å². The van der Waals surface area contributed by atoms with E-state index in [9.17, 15) is 22.8 Å². The van der Waals surface area contributed by atoms with E-state index >= 15 is 0 Å². The number of carbonyl (C=O) groups is 2. The molecule has 0 aliphatic heterocycles. The van der Waals surface area contributed by atoms with Gasteiger partial charge in [0.2, 0.25) is 0 Å². The standard InChI is InChI=1S/C25H24F3N3O4/c1-3-34-22-12-19(8-9-21(22)35-14-17-5-4-10-29-13-17)24(33)31-20-11-18(7-6-16(20)2)23(32)30-15-25(26,27)28/h4-13H,3,14-15H2,1-2H3,(H,30,32)(H,31,33). The van der Waals surface area contributed by atoms with E-state index < -0.39 is 24.5 Å². The second-order valence-electron chi connectivity index (χ2n) is 7.53. The molecule has 0 fully saturated rings. The fourth-order valence-corrected chi connectivity index (χ4v) is 3.06. The molecule has 2 amide bonds. The smallest absolute Gasteiger partial charge is 0.405 e. The first-order valence-corrected chi connectivity index (χ1v) is 10.7. The number of halogens is 3. The van der Waals surface area contributed by atoms with E-state index in [1.807, 2.05) is 11.4 Å². The van der Waals surface area contributed by atoms with Gasteiger partial charge in [-0.3, -0.25) is 14.6 Å². The molecule has 3 aromatic rings. The predicted octanol–water partition coefficient (Wildman–Crippen LogP) is 4.91. The third kappa shape index (κ3) is 7.46. The highest BCUT2D eigenvalue weighted by Gasteiger charge is 2.28. The molecular formula is C25H24F3N3O4. The number of anilines is 1. The van der Waals surface area contributed by atoms with Crippen molar-refractivity contribution in [2.24, 2.45) is 0 Å². The summed E-state index contributed by atoms with van der Waals surface area (Å²) in [5.41, 5.74) is 2.06. The van der Waals surface area contributed by atoms with Crippen molar-refractivity contribution in [2.75, 3.05) is 18.5 Å². The molecule has 0 unspecified atom stereocenters. The van der Waals surface area contributed by atoms with Crippen LogP contribution in [0.4, 0.5) is 18.9 Å². The molecule has 10 heteroatoms. The van der Waals surface area contributed by atoms with E-state index in [1.54, 1.807) is 50.5 Å². The lowest BCUT2D eigenvalue weighted by Crippen LogP contribution is -2.33. The monoisotopic (exact) mass is 487 g/mol. The Kier molecular flexibility index (Phi) is 8.30. The molecule has 0 radical (unpaired) electrons. The highest BCUT2D eigenvalue weighted by atomic mass is 19.4. The van der Waals surface area contributed by atoms with Crippen molar-refractivity contribution in [2.45, 2.75) is 26.6 Å². The van der Waals surface area contributed by atoms with Gasteiger partial charge < -0.3 is 20.1 Å². The highest BCUT2D eigenvalue weighted by molar-refractivity contribution is 6.06. The zero-order valence-corrected chi connectivity index (χ0v) is 19.1. The van der Waals surface area contributed by atoms with Crippen molar-refractivity contribution < 1.29 is 32.2 Å². The highest BCUT2D eigenvalue weighted by Crippen LogP contribution is 2.30. The number of aromatic nitrogens is 1. The maximum atomic E-state index is 12.9. The van der Waals surface area contributed by atoms with Gasteiger partial charge in [-0.2, -0.15) is 13.2 Å². The van der Waals surface area contributed by atoms with Crippen LogP contribution in [-0.4, -0.2) is 36.1 Å². The average molecular weight is 487 g/mol. The Morgan fingerprint density at radius 2 is 1.71 bits per heavy atom. The summed E-state index contributed by atoms with van der Waals surface area (Å²) in [6, 6.07) is 12.6. The van der Waals surface area contributed by atoms with Crippen molar-refractivity contribution in [3.63, 3.8) is 0 Å². The summed E-state index contributed by atoms with van der Waals surface area (Å²) in [4.78, 5) is 29.0. The minimum atomic E-state index is -4.52. The molecule has 2 aromatic carbocycles. The number of pyridine rings is 1. The Labute approximate surface area is 200 Å². The molecule has 0 atom stereocenters. The first-order valence-electron chi connectivity index (χ1n) is 10.7. The normalized spacial score (nSPS) is 11.0. The minimum Gasteiger partial charge on any atom is -0.490 e. The molecule has 3 rings (SSSR count). The molecule has 0 bridgehead atoms. The van der Waals surface area contributed by atoms with Crippen molar-refractivity contribution in [1.82, 2.24) is 10.3 Å². The largest absolute Gasteiger partial charge is 0.490 e. The van der Waals surface area contributed by atoms with Gasteiger partial charge in [-0.15, -0.1) is 0 Å². The number of nitrogens with zero attached hydrogens (tertiary/aromatic N) is 1. The summed E-state index contributed by atoms with van der Waals surface area (Å²) in [6.45, 7) is 2.67. The molecule has 184 valence electrons. The molecule has 0 spiro atoms. The summed E-state index contributed by atoms with van der Waals surface area (Å²) >= 11 is 0. The van der Waals surface area contributed by atoms with Gasteiger partial charge in [-0.05, 0) is 55.8 Å². The van der Waals surface area contributed by atoms with Crippen LogP contribution in [-0.2, 0) is 6.61 Å². The van der Waals surface area contributed by atoms with E-state index in [-0.39, 0.29) is 17.7 Å². The lowest BCUT2D eigenvalue weighted by atomic mass is 10.1. The topological polar surface area (TPSA) is 89.5 Å². The third-order valence-corrected chi connectivity index (χ3v) is 4.82. The van der Waals surface area contributed by atoms with Crippen molar-refractivity contribution in [1.29, 1.82) is 0 Å². The van der Waals surface area contributed by atoms with Crippen LogP contribution >= 0.6 is 0 Å². The number of hydrogen-bond acceptors (Lipinski definition) is 5. The SMILES string of the molecule is CCOc1cc(C(=O)Nc2cc(C(=O)NCC(F)(F)F)ccc2C)ccc1OCc1cccnc1. The quantitative estimate of drug-likeness (QED) is 0.448. The Morgan fingerprint density at radius 3 is 2.40 bits per heavy atom. The first-order chi connectivity index (χ1) is 16.7. The summed E-state index contributed by atoms with van der Waals surface area (Å²) < 4.78 is 48.6. The molecule has 1 heterocycles. The maximum Gasteiger partial charge on any atom is 0.405 e. The Balaban J connectivity index is 1.74. The van der Waals surface area contributed by atoms with E-state index in [2.05, 4.69) is 10.3 Å². The van der Waals surface area contributed by atoms with E-state index in [0.717, 1.165) is 5.56 Å². The van der Waals surface area contributed by atoms with Gasteiger partial charge in [-0.25, -0.2) is 0 Å². The van der Waals surface area contributed by atoms with Gasteiger partial charge >= 0.3 is 6.18 Å². The van der Waals surface area contributed by atoms with Crippen LogP contribution in [0.25, 0.3) is 0 Å².